The van der Waals surface area contributed by atoms with Gasteiger partial charge in [-0.25, -0.2) is 4.39 Å². The Bertz CT molecular complexity index is 1110. The van der Waals surface area contributed by atoms with Crippen molar-refractivity contribution < 1.29 is 23.1 Å². The maximum Gasteiger partial charge on any atom is 0.309 e. The molecular formula is C26H29FN4O4. The molecule has 2 amide bonds. The third-order valence-electron chi connectivity index (χ3n) is 6.07. The number of halogens is 1. The van der Waals surface area contributed by atoms with Crippen LogP contribution < -0.4 is 20.3 Å². The van der Waals surface area contributed by atoms with Crippen LogP contribution in [0.1, 0.15) is 17.4 Å². The van der Waals surface area contributed by atoms with Crippen molar-refractivity contribution in [3.05, 3.63) is 84.1 Å². The zero-order valence-corrected chi connectivity index (χ0v) is 19.6. The van der Waals surface area contributed by atoms with Gasteiger partial charge in [0, 0.05) is 45.0 Å². The Morgan fingerprint density at radius 3 is 2.43 bits per heavy atom. The van der Waals surface area contributed by atoms with Crippen molar-refractivity contribution >= 4 is 17.5 Å². The molecule has 8 nitrogen and oxygen atoms in total. The van der Waals surface area contributed by atoms with Gasteiger partial charge in [-0.1, -0.05) is 12.1 Å². The van der Waals surface area contributed by atoms with Gasteiger partial charge in [-0.05, 0) is 54.1 Å². The van der Waals surface area contributed by atoms with E-state index in [4.69, 9.17) is 9.15 Å². The van der Waals surface area contributed by atoms with E-state index in [9.17, 15) is 14.0 Å². The number of hydrogen-bond donors (Lipinski definition) is 2. The maximum atomic E-state index is 13.2. The zero-order valence-electron chi connectivity index (χ0n) is 19.6. The van der Waals surface area contributed by atoms with Crippen molar-refractivity contribution in [3.63, 3.8) is 0 Å². The molecule has 1 atom stereocenters. The van der Waals surface area contributed by atoms with Gasteiger partial charge in [0.25, 0.3) is 0 Å². The Morgan fingerprint density at radius 2 is 1.74 bits per heavy atom. The van der Waals surface area contributed by atoms with Crippen LogP contribution in [0.3, 0.4) is 0 Å². The molecule has 0 aliphatic carbocycles. The molecule has 9 heteroatoms. The number of amides is 2. The molecule has 0 saturated carbocycles. The van der Waals surface area contributed by atoms with Crippen molar-refractivity contribution in [3.8, 4) is 5.75 Å². The first-order valence-corrected chi connectivity index (χ1v) is 11.5. The van der Waals surface area contributed by atoms with Gasteiger partial charge in [-0.3, -0.25) is 14.5 Å². The average Bonchev–Trinajstić information content (AvgIpc) is 3.43. The van der Waals surface area contributed by atoms with Crippen LogP contribution in [0.2, 0.25) is 0 Å². The molecule has 1 aromatic heterocycles. The molecule has 0 radical (unpaired) electrons. The Balaban J connectivity index is 1.31. The van der Waals surface area contributed by atoms with Crippen molar-refractivity contribution in [2.45, 2.75) is 12.6 Å². The molecule has 3 aromatic rings. The lowest BCUT2D eigenvalue weighted by Crippen LogP contribution is -2.50. The summed E-state index contributed by atoms with van der Waals surface area (Å²) in [4.78, 5) is 29.2. The molecule has 2 aromatic carbocycles. The number of ether oxygens (including phenoxy) is 1. The van der Waals surface area contributed by atoms with Gasteiger partial charge in [0.15, 0.2) is 0 Å². The standard InChI is InChI=1S/C26H29FN4O4/c1-34-22-5-2-4-19(16-22)17-28-25(32)26(33)29-18-23(24-6-3-15-35-24)31-13-11-30(12-14-31)21-9-7-20(27)8-10-21/h2-10,15-16,23H,11-14,17-18H2,1H3,(H,28,32)(H,29,33). The van der Waals surface area contributed by atoms with Crippen molar-refractivity contribution in [1.29, 1.82) is 0 Å². The van der Waals surface area contributed by atoms with E-state index >= 15 is 0 Å². The molecular weight excluding hydrogens is 451 g/mol. The summed E-state index contributed by atoms with van der Waals surface area (Å²) in [5.41, 5.74) is 1.81. The molecule has 0 bridgehead atoms. The van der Waals surface area contributed by atoms with E-state index in [1.54, 1.807) is 37.6 Å². The number of carbonyl (C=O) groups is 2. The van der Waals surface area contributed by atoms with Crippen molar-refractivity contribution in [1.82, 2.24) is 15.5 Å². The number of methoxy groups -OCH3 is 1. The van der Waals surface area contributed by atoms with Crippen LogP contribution in [-0.4, -0.2) is 56.5 Å². The van der Waals surface area contributed by atoms with Gasteiger partial charge in [0.2, 0.25) is 0 Å². The number of rotatable bonds is 8. The Morgan fingerprint density at radius 1 is 1.00 bits per heavy atom. The van der Waals surface area contributed by atoms with E-state index in [1.807, 2.05) is 24.3 Å². The van der Waals surface area contributed by atoms with Gasteiger partial charge < -0.3 is 24.7 Å². The molecule has 1 aliphatic heterocycles. The average molecular weight is 481 g/mol. The van der Waals surface area contributed by atoms with Crippen LogP contribution in [-0.2, 0) is 16.1 Å². The van der Waals surface area contributed by atoms with Crippen LogP contribution in [0.15, 0.2) is 71.3 Å². The van der Waals surface area contributed by atoms with Gasteiger partial charge >= 0.3 is 11.8 Å². The SMILES string of the molecule is COc1cccc(CNC(=O)C(=O)NCC(c2ccco2)N2CCN(c3ccc(F)cc3)CC2)c1. The lowest BCUT2D eigenvalue weighted by atomic mass is 10.1. The summed E-state index contributed by atoms with van der Waals surface area (Å²) >= 11 is 0. The molecule has 2 heterocycles. The van der Waals surface area contributed by atoms with E-state index in [0.29, 0.717) is 5.75 Å². The normalized spacial score (nSPS) is 14.9. The molecule has 4 rings (SSSR count). The summed E-state index contributed by atoms with van der Waals surface area (Å²) in [6, 6.07) is 17.2. The number of carbonyl (C=O) groups excluding carboxylic acids is 2. The highest BCUT2D eigenvalue weighted by Gasteiger charge is 2.28. The third-order valence-corrected chi connectivity index (χ3v) is 6.07. The molecule has 0 spiro atoms. The number of benzene rings is 2. The Labute approximate surface area is 203 Å². The van der Waals surface area contributed by atoms with E-state index in [-0.39, 0.29) is 24.9 Å². The van der Waals surface area contributed by atoms with Crippen LogP contribution >= 0.6 is 0 Å². The van der Waals surface area contributed by atoms with E-state index < -0.39 is 11.8 Å². The Kier molecular flexibility index (Phi) is 7.99. The number of furan rings is 1. The number of hydrogen-bond acceptors (Lipinski definition) is 6. The summed E-state index contributed by atoms with van der Waals surface area (Å²) in [5.74, 6) is -0.255. The van der Waals surface area contributed by atoms with E-state index in [2.05, 4.69) is 20.4 Å². The summed E-state index contributed by atoms with van der Waals surface area (Å²) in [7, 11) is 1.57. The fraction of sp³-hybridized carbons (Fsp3) is 0.308. The molecule has 184 valence electrons. The van der Waals surface area contributed by atoms with Crippen molar-refractivity contribution in [2.24, 2.45) is 0 Å². The minimum Gasteiger partial charge on any atom is -0.497 e. The fourth-order valence-electron chi connectivity index (χ4n) is 4.15. The smallest absolute Gasteiger partial charge is 0.309 e. The topological polar surface area (TPSA) is 87.0 Å². The summed E-state index contributed by atoms with van der Waals surface area (Å²) < 4.78 is 24.1. The second kappa shape index (κ2) is 11.5. The number of piperazine rings is 1. The lowest BCUT2D eigenvalue weighted by Gasteiger charge is -2.39. The minimum atomic E-state index is -0.702. The second-order valence-corrected chi connectivity index (χ2v) is 8.27. The largest absolute Gasteiger partial charge is 0.497 e. The highest BCUT2D eigenvalue weighted by atomic mass is 19.1. The van der Waals surface area contributed by atoms with Gasteiger partial charge in [-0.2, -0.15) is 0 Å². The zero-order chi connectivity index (χ0) is 24.6. The predicted octanol–water partition coefficient (Wildman–Crippen LogP) is 2.72. The number of anilines is 1. The molecule has 35 heavy (non-hydrogen) atoms. The van der Waals surface area contributed by atoms with Crippen LogP contribution in [0.25, 0.3) is 0 Å². The van der Waals surface area contributed by atoms with Gasteiger partial charge in [0.1, 0.15) is 17.3 Å². The number of nitrogens with zero attached hydrogens (tertiary/aromatic N) is 2. The lowest BCUT2D eigenvalue weighted by molar-refractivity contribution is -0.139. The first-order valence-electron chi connectivity index (χ1n) is 11.5. The third kappa shape index (κ3) is 6.39. The first-order chi connectivity index (χ1) is 17.0. The molecule has 1 fully saturated rings. The maximum absolute atomic E-state index is 13.2. The van der Waals surface area contributed by atoms with Gasteiger partial charge in [-0.15, -0.1) is 0 Å². The predicted molar refractivity (Wildman–Crippen MR) is 129 cm³/mol. The quantitative estimate of drug-likeness (QED) is 0.482. The summed E-state index contributed by atoms with van der Waals surface area (Å²) in [5, 5.41) is 5.38. The monoisotopic (exact) mass is 480 g/mol. The van der Waals surface area contributed by atoms with Crippen LogP contribution in [0.5, 0.6) is 5.75 Å². The molecule has 2 N–H and O–H groups in total. The van der Waals surface area contributed by atoms with E-state index in [1.165, 1.54) is 12.1 Å². The number of nitrogens with one attached hydrogen (secondary N) is 2. The first kappa shape index (κ1) is 24.3. The van der Waals surface area contributed by atoms with Crippen LogP contribution in [0, 0.1) is 5.82 Å². The minimum absolute atomic E-state index is 0.212. The van der Waals surface area contributed by atoms with E-state index in [0.717, 1.165) is 43.2 Å². The summed E-state index contributed by atoms with van der Waals surface area (Å²) in [6.45, 7) is 3.39. The molecule has 1 unspecified atom stereocenters. The highest BCUT2D eigenvalue weighted by molar-refractivity contribution is 6.35. The molecule has 1 saturated heterocycles. The van der Waals surface area contributed by atoms with Gasteiger partial charge in [0.05, 0.1) is 19.4 Å². The van der Waals surface area contributed by atoms with Crippen LogP contribution in [0.4, 0.5) is 10.1 Å². The molecule has 1 aliphatic rings. The second-order valence-electron chi connectivity index (χ2n) is 8.27. The highest BCUT2D eigenvalue weighted by Crippen LogP contribution is 2.24. The van der Waals surface area contributed by atoms with Crippen molar-refractivity contribution in [2.75, 3.05) is 44.7 Å². The fourth-order valence-corrected chi connectivity index (χ4v) is 4.15. The Hall–Kier alpha value is -3.85. The summed E-state index contributed by atoms with van der Waals surface area (Å²) in [6.07, 6.45) is 1.60.